The summed E-state index contributed by atoms with van der Waals surface area (Å²) in [5, 5.41) is 0. The highest BCUT2D eigenvalue weighted by Gasteiger charge is 2.30. The van der Waals surface area contributed by atoms with E-state index in [-0.39, 0.29) is 17.8 Å². The quantitative estimate of drug-likeness (QED) is 0.757. The average molecular weight is 263 g/mol. The Kier molecular flexibility index (Phi) is 4.43. The molecule has 2 rings (SSSR count). The lowest BCUT2D eigenvalue weighted by molar-refractivity contribution is -0.149. The first-order valence-electron chi connectivity index (χ1n) is 6.44. The Morgan fingerprint density at radius 3 is 3.00 bits per heavy atom. The number of rotatable bonds is 3. The maximum Gasteiger partial charge on any atom is 0.310 e. The maximum absolute atomic E-state index is 12.2. The fraction of sp³-hybridized carbons (Fsp3) is 0.538. The summed E-state index contributed by atoms with van der Waals surface area (Å²) < 4.78 is 5.01. The molecule has 0 N–H and O–H groups in total. The van der Waals surface area contributed by atoms with Gasteiger partial charge in [-0.25, -0.2) is 4.98 Å². The molecule has 1 aliphatic heterocycles. The average Bonchev–Trinajstić information content (AvgIpc) is 2.48. The zero-order valence-corrected chi connectivity index (χ0v) is 10.9. The molecule has 1 atom stereocenters. The summed E-state index contributed by atoms with van der Waals surface area (Å²) in [4.78, 5) is 33.4. The smallest absolute Gasteiger partial charge is 0.310 e. The molecule has 0 aliphatic carbocycles. The number of amides is 1. The minimum Gasteiger partial charge on any atom is -0.466 e. The van der Waals surface area contributed by atoms with Crippen LogP contribution in [0.2, 0.25) is 0 Å². The first kappa shape index (κ1) is 13.5. The number of carbonyl (C=O) groups excluding carboxylic acids is 2. The van der Waals surface area contributed by atoms with Crippen LogP contribution >= 0.6 is 0 Å². The Balaban J connectivity index is 2.01. The van der Waals surface area contributed by atoms with E-state index in [1.165, 1.54) is 18.6 Å². The van der Waals surface area contributed by atoms with E-state index < -0.39 is 0 Å². The number of nitrogens with zero attached hydrogens (tertiary/aromatic N) is 3. The standard InChI is InChI=1S/C13H17N3O3/c1-2-19-13(18)10-4-3-7-16(9-10)12(17)11-8-14-5-6-15-11/h5-6,8,10H,2-4,7,9H2,1H3/t10-/m0/s1. The first-order chi connectivity index (χ1) is 9.22. The molecule has 102 valence electrons. The fourth-order valence-electron chi connectivity index (χ4n) is 2.19. The molecule has 1 saturated heterocycles. The second-order valence-electron chi connectivity index (χ2n) is 4.43. The number of aromatic nitrogens is 2. The summed E-state index contributed by atoms with van der Waals surface area (Å²) in [6.45, 7) is 3.19. The fourth-order valence-corrected chi connectivity index (χ4v) is 2.19. The van der Waals surface area contributed by atoms with E-state index in [2.05, 4.69) is 9.97 Å². The van der Waals surface area contributed by atoms with Gasteiger partial charge in [-0.2, -0.15) is 0 Å². The van der Waals surface area contributed by atoms with Gasteiger partial charge in [0.25, 0.3) is 5.91 Å². The maximum atomic E-state index is 12.2. The van der Waals surface area contributed by atoms with Crippen LogP contribution in [0.3, 0.4) is 0 Å². The van der Waals surface area contributed by atoms with Crippen molar-refractivity contribution in [3.63, 3.8) is 0 Å². The molecule has 1 amide bonds. The number of ether oxygens (including phenoxy) is 1. The molecule has 1 aromatic rings. The summed E-state index contributed by atoms with van der Waals surface area (Å²) in [6.07, 6.45) is 6.02. The normalized spacial score (nSPS) is 19.0. The Bertz CT molecular complexity index is 450. The van der Waals surface area contributed by atoms with Crippen molar-refractivity contribution >= 4 is 11.9 Å². The van der Waals surface area contributed by atoms with E-state index in [1.807, 2.05) is 0 Å². The topological polar surface area (TPSA) is 72.4 Å². The number of carbonyl (C=O) groups is 2. The molecule has 0 spiro atoms. The number of hydrogen-bond acceptors (Lipinski definition) is 5. The van der Waals surface area contributed by atoms with Gasteiger partial charge in [0, 0.05) is 25.5 Å². The van der Waals surface area contributed by atoms with Crippen LogP contribution in [0.4, 0.5) is 0 Å². The van der Waals surface area contributed by atoms with Crippen molar-refractivity contribution in [3.8, 4) is 0 Å². The molecule has 2 heterocycles. The summed E-state index contributed by atoms with van der Waals surface area (Å²) in [5.74, 6) is -0.629. The summed E-state index contributed by atoms with van der Waals surface area (Å²) >= 11 is 0. The molecule has 0 radical (unpaired) electrons. The minimum atomic E-state index is -0.227. The second kappa shape index (κ2) is 6.26. The molecule has 1 aliphatic rings. The summed E-state index contributed by atoms with van der Waals surface area (Å²) in [6, 6.07) is 0. The largest absolute Gasteiger partial charge is 0.466 e. The highest BCUT2D eigenvalue weighted by Crippen LogP contribution is 2.19. The summed E-state index contributed by atoms with van der Waals surface area (Å²) in [5.41, 5.74) is 0.312. The van der Waals surface area contributed by atoms with E-state index in [0.29, 0.717) is 25.4 Å². The van der Waals surface area contributed by atoms with Crippen LogP contribution in [0.1, 0.15) is 30.3 Å². The predicted molar refractivity (Wildman–Crippen MR) is 67.3 cm³/mol. The number of likely N-dealkylation sites (tertiary alicyclic amines) is 1. The third-order valence-electron chi connectivity index (χ3n) is 3.11. The van der Waals surface area contributed by atoms with Crippen LogP contribution in [0.15, 0.2) is 18.6 Å². The van der Waals surface area contributed by atoms with E-state index in [9.17, 15) is 9.59 Å². The molecule has 6 heteroatoms. The Morgan fingerprint density at radius 2 is 2.32 bits per heavy atom. The molecular formula is C13H17N3O3. The number of esters is 1. The summed E-state index contributed by atoms with van der Waals surface area (Å²) in [7, 11) is 0. The van der Waals surface area contributed by atoms with E-state index in [1.54, 1.807) is 11.8 Å². The Morgan fingerprint density at radius 1 is 1.47 bits per heavy atom. The highest BCUT2D eigenvalue weighted by molar-refractivity contribution is 5.92. The zero-order chi connectivity index (χ0) is 13.7. The van der Waals surface area contributed by atoms with Gasteiger partial charge in [-0.3, -0.25) is 14.6 Å². The van der Waals surface area contributed by atoms with E-state index in [4.69, 9.17) is 4.74 Å². The number of hydrogen-bond donors (Lipinski definition) is 0. The van der Waals surface area contributed by atoms with Gasteiger partial charge >= 0.3 is 5.97 Å². The third-order valence-corrected chi connectivity index (χ3v) is 3.11. The van der Waals surface area contributed by atoms with Crippen LogP contribution in [0, 0.1) is 5.92 Å². The van der Waals surface area contributed by atoms with Gasteiger partial charge in [-0.15, -0.1) is 0 Å². The van der Waals surface area contributed by atoms with Crippen molar-refractivity contribution in [3.05, 3.63) is 24.3 Å². The van der Waals surface area contributed by atoms with Crippen molar-refractivity contribution in [2.24, 2.45) is 5.92 Å². The molecule has 0 unspecified atom stereocenters. The lowest BCUT2D eigenvalue weighted by Crippen LogP contribution is -2.43. The van der Waals surface area contributed by atoms with Crippen LogP contribution in [-0.2, 0) is 9.53 Å². The molecule has 6 nitrogen and oxygen atoms in total. The van der Waals surface area contributed by atoms with Crippen molar-refractivity contribution in [2.45, 2.75) is 19.8 Å². The van der Waals surface area contributed by atoms with E-state index >= 15 is 0 Å². The minimum absolute atomic E-state index is 0.179. The van der Waals surface area contributed by atoms with Crippen LogP contribution in [-0.4, -0.2) is 46.4 Å². The van der Waals surface area contributed by atoms with Gasteiger partial charge in [0.2, 0.25) is 0 Å². The van der Waals surface area contributed by atoms with Gasteiger partial charge in [0.1, 0.15) is 5.69 Å². The van der Waals surface area contributed by atoms with Crippen molar-refractivity contribution in [1.82, 2.24) is 14.9 Å². The zero-order valence-electron chi connectivity index (χ0n) is 10.9. The molecule has 0 bridgehead atoms. The molecule has 0 saturated carbocycles. The van der Waals surface area contributed by atoms with Gasteiger partial charge in [-0.05, 0) is 19.8 Å². The van der Waals surface area contributed by atoms with Gasteiger partial charge < -0.3 is 9.64 Å². The first-order valence-corrected chi connectivity index (χ1v) is 6.44. The van der Waals surface area contributed by atoms with Crippen molar-refractivity contribution in [1.29, 1.82) is 0 Å². The van der Waals surface area contributed by atoms with Gasteiger partial charge in [-0.1, -0.05) is 0 Å². The molecule has 19 heavy (non-hydrogen) atoms. The predicted octanol–water partition coefficient (Wildman–Crippen LogP) is 0.892. The van der Waals surface area contributed by atoms with Gasteiger partial charge in [0.15, 0.2) is 0 Å². The van der Waals surface area contributed by atoms with Crippen LogP contribution in [0.25, 0.3) is 0 Å². The SMILES string of the molecule is CCOC(=O)[C@H]1CCCN(C(=O)c2cnccn2)C1. The van der Waals surface area contributed by atoms with Gasteiger partial charge in [0.05, 0.1) is 18.7 Å². The molecule has 0 aromatic carbocycles. The van der Waals surface area contributed by atoms with E-state index in [0.717, 1.165) is 12.8 Å². The third kappa shape index (κ3) is 3.27. The second-order valence-corrected chi connectivity index (χ2v) is 4.43. The Hall–Kier alpha value is -1.98. The monoisotopic (exact) mass is 263 g/mol. The van der Waals surface area contributed by atoms with Crippen molar-refractivity contribution < 1.29 is 14.3 Å². The molecule has 1 aromatic heterocycles. The highest BCUT2D eigenvalue weighted by atomic mass is 16.5. The Labute approximate surface area is 111 Å². The lowest BCUT2D eigenvalue weighted by atomic mass is 9.98. The van der Waals surface area contributed by atoms with Crippen LogP contribution in [0.5, 0.6) is 0 Å². The number of piperidine rings is 1. The lowest BCUT2D eigenvalue weighted by Gasteiger charge is -2.31. The molecular weight excluding hydrogens is 246 g/mol. The molecule has 1 fully saturated rings. The van der Waals surface area contributed by atoms with Crippen molar-refractivity contribution in [2.75, 3.05) is 19.7 Å². The van der Waals surface area contributed by atoms with Crippen LogP contribution < -0.4 is 0 Å².